The maximum absolute atomic E-state index is 6.32. The molecular weight excluding hydrogens is 258 g/mol. The van der Waals surface area contributed by atoms with Crippen LogP contribution < -0.4 is 5.32 Å². The van der Waals surface area contributed by atoms with E-state index in [2.05, 4.69) is 43.4 Å². The van der Waals surface area contributed by atoms with E-state index in [0.717, 1.165) is 19.7 Å². The first-order valence-corrected chi connectivity index (χ1v) is 8.61. The Morgan fingerprint density at radius 3 is 2.48 bits per heavy atom. The standard InChI is InChI=1S/C19H29NO/c1-15(2)16-6-8-17(9-7-16)18-12-20-13-19(14-21-18)10-4-3-5-11-19/h6-9,15,18,20H,3-5,10-14H2,1-2H3. The summed E-state index contributed by atoms with van der Waals surface area (Å²) in [5.41, 5.74) is 3.13. The molecule has 0 aromatic heterocycles. The highest BCUT2D eigenvalue weighted by molar-refractivity contribution is 5.26. The molecule has 21 heavy (non-hydrogen) atoms. The van der Waals surface area contributed by atoms with E-state index in [9.17, 15) is 0 Å². The summed E-state index contributed by atoms with van der Waals surface area (Å²) >= 11 is 0. The summed E-state index contributed by atoms with van der Waals surface area (Å²) in [6.45, 7) is 7.49. The van der Waals surface area contributed by atoms with Crippen molar-refractivity contribution in [3.63, 3.8) is 0 Å². The maximum Gasteiger partial charge on any atom is 0.0949 e. The minimum absolute atomic E-state index is 0.215. The predicted octanol–water partition coefficient (Wildman–Crippen LogP) is 4.42. The zero-order valence-electron chi connectivity index (χ0n) is 13.5. The molecule has 1 N–H and O–H groups in total. The third kappa shape index (κ3) is 3.49. The highest BCUT2D eigenvalue weighted by Crippen LogP contribution is 2.38. The molecule has 0 bridgehead atoms. The Kier molecular flexibility index (Phi) is 4.66. The van der Waals surface area contributed by atoms with E-state index < -0.39 is 0 Å². The molecule has 1 saturated carbocycles. The van der Waals surface area contributed by atoms with Gasteiger partial charge < -0.3 is 10.1 Å². The molecule has 1 aliphatic carbocycles. The van der Waals surface area contributed by atoms with Crippen LogP contribution in [0.25, 0.3) is 0 Å². The molecular formula is C19H29NO. The van der Waals surface area contributed by atoms with Gasteiger partial charge in [0.05, 0.1) is 12.7 Å². The Hall–Kier alpha value is -0.860. The van der Waals surface area contributed by atoms with Gasteiger partial charge in [0, 0.05) is 18.5 Å². The van der Waals surface area contributed by atoms with Crippen LogP contribution in [0, 0.1) is 5.41 Å². The Labute approximate surface area is 129 Å². The van der Waals surface area contributed by atoms with Crippen molar-refractivity contribution in [1.29, 1.82) is 0 Å². The molecule has 1 atom stereocenters. The lowest BCUT2D eigenvalue weighted by atomic mass is 9.74. The zero-order valence-corrected chi connectivity index (χ0v) is 13.5. The third-order valence-electron chi connectivity index (χ3n) is 5.31. The van der Waals surface area contributed by atoms with Crippen molar-refractivity contribution in [2.75, 3.05) is 19.7 Å². The van der Waals surface area contributed by atoms with Crippen LogP contribution in [0.1, 0.15) is 69.1 Å². The highest BCUT2D eigenvalue weighted by atomic mass is 16.5. The van der Waals surface area contributed by atoms with Crippen LogP contribution >= 0.6 is 0 Å². The third-order valence-corrected chi connectivity index (χ3v) is 5.31. The minimum atomic E-state index is 0.215. The van der Waals surface area contributed by atoms with Gasteiger partial charge in [0.15, 0.2) is 0 Å². The Balaban J connectivity index is 1.66. The van der Waals surface area contributed by atoms with Crippen molar-refractivity contribution < 1.29 is 4.74 Å². The maximum atomic E-state index is 6.32. The van der Waals surface area contributed by atoms with Gasteiger partial charge in [-0.25, -0.2) is 0 Å². The quantitative estimate of drug-likeness (QED) is 0.869. The molecule has 1 aliphatic heterocycles. The lowest BCUT2D eigenvalue weighted by molar-refractivity contribution is -0.00141. The van der Waals surface area contributed by atoms with Crippen molar-refractivity contribution in [3.05, 3.63) is 35.4 Å². The van der Waals surface area contributed by atoms with Crippen molar-refractivity contribution >= 4 is 0 Å². The van der Waals surface area contributed by atoms with Crippen LogP contribution in [0.15, 0.2) is 24.3 Å². The number of ether oxygens (including phenoxy) is 1. The molecule has 2 nitrogen and oxygen atoms in total. The average Bonchev–Trinajstić information content (AvgIpc) is 2.71. The zero-order chi connectivity index (χ0) is 14.7. The number of hydrogen-bond donors (Lipinski definition) is 1. The van der Waals surface area contributed by atoms with Gasteiger partial charge in [-0.15, -0.1) is 0 Å². The van der Waals surface area contributed by atoms with Gasteiger partial charge in [-0.05, 0) is 29.9 Å². The summed E-state index contributed by atoms with van der Waals surface area (Å²) < 4.78 is 6.32. The van der Waals surface area contributed by atoms with E-state index >= 15 is 0 Å². The summed E-state index contributed by atoms with van der Waals surface area (Å²) in [4.78, 5) is 0. The lowest BCUT2D eigenvalue weighted by Crippen LogP contribution is -2.37. The van der Waals surface area contributed by atoms with Crippen LogP contribution in [-0.2, 0) is 4.74 Å². The summed E-state index contributed by atoms with van der Waals surface area (Å²) in [7, 11) is 0. The second-order valence-corrected chi connectivity index (χ2v) is 7.31. The first-order valence-electron chi connectivity index (χ1n) is 8.61. The molecule has 1 saturated heterocycles. The molecule has 1 spiro atoms. The summed E-state index contributed by atoms with van der Waals surface area (Å²) in [5.74, 6) is 0.595. The monoisotopic (exact) mass is 287 g/mol. The van der Waals surface area contributed by atoms with E-state index in [1.165, 1.54) is 43.2 Å². The molecule has 1 unspecified atom stereocenters. The molecule has 3 rings (SSSR count). The van der Waals surface area contributed by atoms with Crippen LogP contribution in [0.4, 0.5) is 0 Å². The van der Waals surface area contributed by atoms with E-state index in [1.807, 2.05) is 0 Å². The number of benzene rings is 1. The summed E-state index contributed by atoms with van der Waals surface area (Å²) in [6.07, 6.45) is 7.03. The fourth-order valence-corrected chi connectivity index (χ4v) is 3.79. The number of nitrogens with one attached hydrogen (secondary N) is 1. The largest absolute Gasteiger partial charge is 0.372 e. The molecule has 2 heteroatoms. The van der Waals surface area contributed by atoms with Gasteiger partial charge in [0.2, 0.25) is 0 Å². The fourth-order valence-electron chi connectivity index (χ4n) is 3.79. The first kappa shape index (κ1) is 15.1. The fraction of sp³-hybridized carbons (Fsp3) is 0.684. The highest BCUT2D eigenvalue weighted by Gasteiger charge is 2.35. The lowest BCUT2D eigenvalue weighted by Gasteiger charge is -2.35. The Bertz CT molecular complexity index is 445. The molecule has 1 heterocycles. The molecule has 2 aliphatic rings. The van der Waals surface area contributed by atoms with Crippen LogP contribution in [-0.4, -0.2) is 19.7 Å². The molecule has 0 amide bonds. The van der Waals surface area contributed by atoms with Gasteiger partial charge in [0.25, 0.3) is 0 Å². The normalized spacial score (nSPS) is 26.0. The van der Waals surface area contributed by atoms with Gasteiger partial charge in [-0.2, -0.15) is 0 Å². The summed E-state index contributed by atoms with van der Waals surface area (Å²) in [5, 5.41) is 3.67. The van der Waals surface area contributed by atoms with Crippen molar-refractivity contribution in [3.8, 4) is 0 Å². The molecule has 0 radical (unpaired) electrons. The van der Waals surface area contributed by atoms with E-state index in [4.69, 9.17) is 4.74 Å². The Morgan fingerprint density at radius 1 is 1.10 bits per heavy atom. The van der Waals surface area contributed by atoms with E-state index in [0.29, 0.717) is 11.3 Å². The van der Waals surface area contributed by atoms with Gasteiger partial charge in [0.1, 0.15) is 0 Å². The van der Waals surface area contributed by atoms with Gasteiger partial charge >= 0.3 is 0 Å². The minimum Gasteiger partial charge on any atom is -0.372 e. The molecule has 1 aromatic rings. The van der Waals surface area contributed by atoms with Crippen molar-refractivity contribution in [2.45, 2.75) is 58.0 Å². The SMILES string of the molecule is CC(C)c1ccc(C2CNCC3(CCCCC3)CO2)cc1. The Morgan fingerprint density at radius 2 is 1.81 bits per heavy atom. The first-order chi connectivity index (χ1) is 10.2. The summed E-state index contributed by atoms with van der Waals surface area (Å²) in [6, 6.07) is 9.01. The van der Waals surface area contributed by atoms with Crippen molar-refractivity contribution in [2.24, 2.45) is 5.41 Å². The van der Waals surface area contributed by atoms with Gasteiger partial charge in [-0.3, -0.25) is 0 Å². The van der Waals surface area contributed by atoms with Crippen molar-refractivity contribution in [1.82, 2.24) is 5.32 Å². The second kappa shape index (κ2) is 6.50. The van der Waals surface area contributed by atoms with E-state index in [1.54, 1.807) is 0 Å². The second-order valence-electron chi connectivity index (χ2n) is 7.31. The smallest absolute Gasteiger partial charge is 0.0949 e. The molecule has 116 valence electrons. The number of hydrogen-bond acceptors (Lipinski definition) is 2. The molecule has 2 fully saturated rings. The predicted molar refractivity (Wildman–Crippen MR) is 87.6 cm³/mol. The van der Waals surface area contributed by atoms with E-state index in [-0.39, 0.29) is 6.10 Å². The topological polar surface area (TPSA) is 21.3 Å². The van der Waals surface area contributed by atoms with Crippen LogP contribution in [0.5, 0.6) is 0 Å². The average molecular weight is 287 g/mol. The van der Waals surface area contributed by atoms with Crippen LogP contribution in [0.2, 0.25) is 0 Å². The number of rotatable bonds is 2. The molecule has 1 aromatic carbocycles. The van der Waals surface area contributed by atoms with Crippen LogP contribution in [0.3, 0.4) is 0 Å². The van der Waals surface area contributed by atoms with Gasteiger partial charge in [-0.1, -0.05) is 57.4 Å².